The van der Waals surface area contributed by atoms with Crippen LogP contribution in [0.15, 0.2) is 18.2 Å². The number of ether oxygens (including phenoxy) is 1. The van der Waals surface area contributed by atoms with E-state index in [9.17, 15) is 9.18 Å². The molecular weight excluding hydrogens is 287 g/mol. The van der Waals surface area contributed by atoms with Crippen molar-refractivity contribution in [1.29, 1.82) is 0 Å². The Labute approximate surface area is 127 Å². The molecule has 1 fully saturated rings. The third-order valence-corrected chi connectivity index (χ3v) is 3.82. The number of aryl methyl sites for hydroxylation is 1. The van der Waals surface area contributed by atoms with Gasteiger partial charge in [-0.2, -0.15) is 0 Å². The van der Waals surface area contributed by atoms with Gasteiger partial charge < -0.3 is 19.9 Å². The van der Waals surface area contributed by atoms with Gasteiger partial charge in [0.25, 0.3) is 0 Å². The van der Waals surface area contributed by atoms with Gasteiger partial charge in [-0.05, 0) is 12.1 Å². The van der Waals surface area contributed by atoms with Crippen LogP contribution in [0.2, 0.25) is 0 Å². The second-order valence-electron chi connectivity index (χ2n) is 5.30. The summed E-state index contributed by atoms with van der Waals surface area (Å²) in [4.78, 5) is 16.3. The fraction of sp³-hybridized carbons (Fsp3) is 0.467. The number of carbonyl (C=O) groups excluding carboxylic acids is 1. The second kappa shape index (κ2) is 6.41. The van der Waals surface area contributed by atoms with Crippen molar-refractivity contribution in [2.24, 2.45) is 7.05 Å². The van der Waals surface area contributed by atoms with Gasteiger partial charge in [-0.3, -0.25) is 4.79 Å². The van der Waals surface area contributed by atoms with Gasteiger partial charge in [0.2, 0.25) is 5.91 Å². The van der Waals surface area contributed by atoms with Crippen LogP contribution in [0.4, 0.5) is 4.39 Å². The van der Waals surface area contributed by atoms with Crippen LogP contribution in [0.1, 0.15) is 5.82 Å². The van der Waals surface area contributed by atoms with Gasteiger partial charge in [0.05, 0.1) is 12.1 Å². The summed E-state index contributed by atoms with van der Waals surface area (Å²) in [6.45, 7) is 2.29. The lowest BCUT2D eigenvalue weighted by Crippen LogP contribution is -2.48. The number of imidazole rings is 1. The molecule has 0 radical (unpaired) electrons. The van der Waals surface area contributed by atoms with Crippen molar-refractivity contribution < 1.29 is 13.9 Å². The van der Waals surface area contributed by atoms with E-state index in [4.69, 9.17) is 4.74 Å². The summed E-state index contributed by atoms with van der Waals surface area (Å²) in [6.07, 6.45) is 0.0999. The molecule has 1 aliphatic rings. The molecule has 1 atom stereocenters. The number of benzene rings is 1. The predicted octanol–water partition coefficient (Wildman–Crippen LogP) is 0.359. The van der Waals surface area contributed by atoms with Crippen LogP contribution in [0, 0.1) is 5.82 Å². The van der Waals surface area contributed by atoms with E-state index < -0.39 is 6.10 Å². The average molecular weight is 306 g/mol. The van der Waals surface area contributed by atoms with Crippen molar-refractivity contribution in [3.8, 4) is 0 Å². The van der Waals surface area contributed by atoms with E-state index in [-0.39, 0.29) is 11.7 Å². The third kappa shape index (κ3) is 2.95. The Morgan fingerprint density at radius 2 is 2.45 bits per heavy atom. The molecule has 118 valence electrons. The minimum Gasteiger partial charge on any atom is -0.366 e. The Morgan fingerprint density at radius 1 is 1.59 bits per heavy atom. The molecule has 22 heavy (non-hydrogen) atoms. The second-order valence-corrected chi connectivity index (χ2v) is 5.30. The zero-order valence-corrected chi connectivity index (χ0v) is 12.4. The van der Waals surface area contributed by atoms with Crippen LogP contribution < -0.4 is 10.6 Å². The molecule has 1 saturated heterocycles. The van der Waals surface area contributed by atoms with Crippen molar-refractivity contribution in [2.45, 2.75) is 12.5 Å². The van der Waals surface area contributed by atoms with Crippen molar-refractivity contribution >= 4 is 16.9 Å². The van der Waals surface area contributed by atoms with Gasteiger partial charge in [0.1, 0.15) is 17.4 Å². The van der Waals surface area contributed by atoms with E-state index in [0.717, 1.165) is 17.9 Å². The first-order valence-electron chi connectivity index (χ1n) is 7.36. The summed E-state index contributed by atoms with van der Waals surface area (Å²) in [7, 11) is 1.85. The van der Waals surface area contributed by atoms with E-state index in [0.29, 0.717) is 31.6 Å². The number of para-hydroxylation sites is 1. The number of hydrogen-bond acceptors (Lipinski definition) is 4. The third-order valence-electron chi connectivity index (χ3n) is 3.82. The summed E-state index contributed by atoms with van der Waals surface area (Å²) < 4.78 is 20.9. The molecule has 0 aliphatic carbocycles. The first-order valence-corrected chi connectivity index (χ1v) is 7.36. The van der Waals surface area contributed by atoms with Crippen LogP contribution in [-0.4, -0.2) is 47.8 Å². The molecule has 2 aromatic rings. The summed E-state index contributed by atoms with van der Waals surface area (Å²) in [5.74, 6) is 0.283. The molecule has 2 heterocycles. The Kier molecular flexibility index (Phi) is 4.35. The number of amides is 1. The molecule has 0 spiro atoms. The van der Waals surface area contributed by atoms with Gasteiger partial charge in [-0.25, -0.2) is 9.37 Å². The number of rotatable bonds is 4. The maximum atomic E-state index is 13.7. The molecule has 2 N–H and O–H groups in total. The zero-order chi connectivity index (χ0) is 15.5. The molecule has 1 aliphatic heterocycles. The van der Waals surface area contributed by atoms with Crippen LogP contribution in [0.3, 0.4) is 0 Å². The van der Waals surface area contributed by atoms with E-state index in [1.54, 1.807) is 6.07 Å². The highest BCUT2D eigenvalue weighted by Gasteiger charge is 2.21. The highest BCUT2D eigenvalue weighted by molar-refractivity contribution is 5.81. The van der Waals surface area contributed by atoms with Gasteiger partial charge in [0.15, 0.2) is 5.82 Å². The summed E-state index contributed by atoms with van der Waals surface area (Å²) in [5, 5.41) is 5.95. The quantitative estimate of drug-likeness (QED) is 0.856. The van der Waals surface area contributed by atoms with Gasteiger partial charge in [0, 0.05) is 33.1 Å². The minimum atomic E-state index is -0.438. The van der Waals surface area contributed by atoms with Crippen molar-refractivity contribution in [3.05, 3.63) is 29.8 Å². The maximum absolute atomic E-state index is 13.7. The number of nitrogens with one attached hydrogen (secondary N) is 2. The van der Waals surface area contributed by atoms with E-state index in [2.05, 4.69) is 15.6 Å². The molecule has 6 nitrogen and oxygen atoms in total. The van der Waals surface area contributed by atoms with Crippen molar-refractivity contribution in [3.63, 3.8) is 0 Å². The van der Waals surface area contributed by atoms with Crippen LogP contribution in [0.25, 0.3) is 11.0 Å². The van der Waals surface area contributed by atoms with Gasteiger partial charge in [-0.1, -0.05) is 6.07 Å². The summed E-state index contributed by atoms with van der Waals surface area (Å²) >= 11 is 0. The lowest BCUT2D eigenvalue weighted by molar-refractivity contribution is -0.134. The Bertz CT molecular complexity index is 679. The number of aromatic nitrogens is 2. The highest BCUT2D eigenvalue weighted by atomic mass is 19.1. The maximum Gasteiger partial charge on any atom is 0.250 e. The highest BCUT2D eigenvalue weighted by Crippen LogP contribution is 2.17. The van der Waals surface area contributed by atoms with E-state index in [1.807, 2.05) is 17.7 Å². The first kappa shape index (κ1) is 14.9. The first-order chi connectivity index (χ1) is 10.7. The molecular formula is C15H19FN4O2. The molecule has 3 rings (SSSR count). The van der Waals surface area contributed by atoms with Crippen LogP contribution in [0.5, 0.6) is 0 Å². The van der Waals surface area contributed by atoms with E-state index in [1.165, 1.54) is 6.07 Å². The largest absolute Gasteiger partial charge is 0.366 e. The fourth-order valence-corrected chi connectivity index (χ4v) is 2.60. The van der Waals surface area contributed by atoms with Crippen molar-refractivity contribution in [2.75, 3.05) is 26.2 Å². The smallest absolute Gasteiger partial charge is 0.250 e. The summed E-state index contributed by atoms with van der Waals surface area (Å²) in [5.41, 5.74) is 1.12. The molecule has 1 aromatic heterocycles. The number of hydrogen-bond donors (Lipinski definition) is 2. The Balaban J connectivity index is 1.61. The van der Waals surface area contributed by atoms with Crippen molar-refractivity contribution in [1.82, 2.24) is 20.2 Å². The number of halogens is 1. The lowest BCUT2D eigenvalue weighted by Gasteiger charge is -2.22. The fourth-order valence-electron chi connectivity index (χ4n) is 2.60. The molecule has 0 saturated carbocycles. The minimum absolute atomic E-state index is 0.128. The van der Waals surface area contributed by atoms with Gasteiger partial charge in [-0.15, -0.1) is 0 Å². The lowest BCUT2D eigenvalue weighted by atomic mass is 10.3. The number of nitrogens with zero attached hydrogens (tertiary/aromatic N) is 2. The molecule has 1 aromatic carbocycles. The van der Waals surface area contributed by atoms with Gasteiger partial charge >= 0.3 is 0 Å². The SMILES string of the molecule is Cn1c(CCNC(=O)C2CNCCO2)nc2c(F)cccc21. The monoisotopic (exact) mass is 306 g/mol. The van der Waals surface area contributed by atoms with E-state index >= 15 is 0 Å². The number of fused-ring (bicyclic) bond motifs is 1. The predicted molar refractivity (Wildman–Crippen MR) is 80.0 cm³/mol. The zero-order valence-electron chi connectivity index (χ0n) is 12.4. The molecule has 1 amide bonds. The molecule has 1 unspecified atom stereocenters. The topological polar surface area (TPSA) is 68.2 Å². The molecule has 7 heteroatoms. The Morgan fingerprint density at radius 3 is 3.18 bits per heavy atom. The number of morpholine rings is 1. The van der Waals surface area contributed by atoms with Crippen LogP contribution >= 0.6 is 0 Å². The van der Waals surface area contributed by atoms with Crippen LogP contribution in [-0.2, 0) is 23.0 Å². The normalized spacial score (nSPS) is 18.5. The Hall–Kier alpha value is -1.99. The average Bonchev–Trinajstić information content (AvgIpc) is 2.86. The summed E-state index contributed by atoms with van der Waals surface area (Å²) in [6, 6.07) is 4.89. The molecule has 0 bridgehead atoms. The number of carbonyl (C=O) groups is 1. The standard InChI is InChI=1S/C15H19FN4O2/c1-20-11-4-2-3-10(16)14(11)19-13(20)5-6-18-15(21)12-9-17-7-8-22-12/h2-4,12,17H,5-9H2,1H3,(H,18,21).